The fourth-order valence-corrected chi connectivity index (χ4v) is 3.15. The van der Waals surface area contributed by atoms with Crippen molar-refractivity contribution in [3.05, 3.63) is 69.3 Å². The Morgan fingerprint density at radius 2 is 1.96 bits per heavy atom. The van der Waals surface area contributed by atoms with Crippen LogP contribution in [0.15, 0.2) is 44.9 Å². The summed E-state index contributed by atoms with van der Waals surface area (Å²) in [6.45, 7) is 0. The van der Waals surface area contributed by atoms with Crippen LogP contribution in [0.1, 0.15) is 10.4 Å². The van der Waals surface area contributed by atoms with Crippen LogP contribution in [0.4, 0.5) is 18.3 Å². The number of aromatic amines is 1. The molecule has 0 bridgehead atoms. The van der Waals surface area contributed by atoms with Crippen molar-refractivity contribution in [2.24, 2.45) is 0 Å². The number of nitrogens with one attached hydrogen (secondary N) is 2. The van der Waals surface area contributed by atoms with Gasteiger partial charge in [0.05, 0.1) is 16.8 Å². The Kier molecular flexibility index (Phi) is 4.04. The van der Waals surface area contributed by atoms with Gasteiger partial charge in [0.1, 0.15) is 0 Å². The number of fused-ring (bicyclic) bond motifs is 1. The molecular weight excluding hydrogens is 383 g/mol. The summed E-state index contributed by atoms with van der Waals surface area (Å²) in [6.07, 6.45) is 0. The van der Waals surface area contributed by atoms with E-state index in [1.54, 1.807) is 23.6 Å². The van der Waals surface area contributed by atoms with Gasteiger partial charge in [-0.25, -0.2) is 22.9 Å². The first kappa shape index (κ1) is 17.0. The number of amides is 1. The fraction of sp³-hybridized carbons (Fsp3) is 0. The van der Waals surface area contributed by atoms with Crippen molar-refractivity contribution >= 4 is 33.5 Å². The van der Waals surface area contributed by atoms with Gasteiger partial charge >= 0.3 is 5.76 Å². The van der Waals surface area contributed by atoms with E-state index in [1.165, 1.54) is 0 Å². The maximum Gasteiger partial charge on any atom is 0.417 e. The maximum atomic E-state index is 13.7. The van der Waals surface area contributed by atoms with Gasteiger partial charge in [0, 0.05) is 10.9 Å². The summed E-state index contributed by atoms with van der Waals surface area (Å²) in [5.41, 5.74) is 1.34. The van der Waals surface area contributed by atoms with Gasteiger partial charge in [-0.05, 0) is 24.3 Å². The van der Waals surface area contributed by atoms with Crippen LogP contribution in [0, 0.1) is 17.5 Å². The Morgan fingerprint density at radius 3 is 2.78 bits per heavy atom. The first-order valence-corrected chi connectivity index (χ1v) is 8.34. The van der Waals surface area contributed by atoms with Crippen molar-refractivity contribution in [2.45, 2.75) is 0 Å². The molecule has 0 aliphatic heterocycles. The lowest BCUT2D eigenvalue weighted by molar-refractivity contribution is 0.102. The normalized spacial score (nSPS) is 11.1. The number of nitrogens with zero attached hydrogens (tertiary/aromatic N) is 1. The number of H-pyrrole nitrogens is 1. The van der Waals surface area contributed by atoms with Crippen LogP contribution >= 0.6 is 11.3 Å². The largest absolute Gasteiger partial charge is 0.417 e. The quantitative estimate of drug-likeness (QED) is 0.518. The highest BCUT2D eigenvalue weighted by atomic mass is 32.1. The molecule has 4 rings (SSSR count). The minimum absolute atomic E-state index is 0.134. The molecule has 0 radical (unpaired) electrons. The molecule has 0 saturated carbocycles. The molecule has 0 atom stereocenters. The van der Waals surface area contributed by atoms with Gasteiger partial charge < -0.3 is 4.42 Å². The Balaban J connectivity index is 1.59. The number of carbonyl (C=O) groups excluding carboxylic acids is 1. The van der Waals surface area contributed by atoms with Crippen LogP contribution in [0.25, 0.3) is 22.4 Å². The van der Waals surface area contributed by atoms with Gasteiger partial charge in [-0.15, -0.1) is 11.3 Å². The molecule has 6 nitrogen and oxygen atoms in total. The summed E-state index contributed by atoms with van der Waals surface area (Å²) in [5, 5.41) is 4.10. The highest BCUT2D eigenvalue weighted by molar-refractivity contribution is 7.14. The SMILES string of the molecule is O=C(Nc1nc(-c2ccc3[nH]c(=O)oc3c2)cs1)c1ccc(F)c(F)c1F. The third kappa shape index (κ3) is 3.10. The van der Waals surface area contributed by atoms with Crippen molar-refractivity contribution in [2.75, 3.05) is 5.32 Å². The summed E-state index contributed by atoms with van der Waals surface area (Å²) in [7, 11) is 0. The van der Waals surface area contributed by atoms with E-state index in [4.69, 9.17) is 4.42 Å². The standard InChI is InChI=1S/C17H8F3N3O3S/c18-9-3-2-8(13(19)14(9)20)15(24)23-16-21-11(6-27-16)7-1-4-10-12(5-7)26-17(25)22-10/h1-6H,(H,22,25)(H,21,23,24). The number of oxazole rings is 1. The lowest BCUT2D eigenvalue weighted by atomic mass is 10.1. The molecule has 0 spiro atoms. The van der Waals surface area contributed by atoms with Crippen molar-refractivity contribution in [1.82, 2.24) is 9.97 Å². The van der Waals surface area contributed by atoms with Crippen molar-refractivity contribution in [3.63, 3.8) is 0 Å². The van der Waals surface area contributed by atoms with E-state index in [1.807, 2.05) is 0 Å². The van der Waals surface area contributed by atoms with E-state index in [9.17, 15) is 22.8 Å². The molecule has 0 unspecified atom stereocenters. The number of thiazole rings is 1. The molecule has 0 aliphatic rings. The second-order valence-electron chi connectivity index (χ2n) is 5.44. The number of anilines is 1. The highest BCUT2D eigenvalue weighted by Crippen LogP contribution is 2.27. The summed E-state index contributed by atoms with van der Waals surface area (Å²) >= 11 is 1.06. The Labute approximate surface area is 152 Å². The van der Waals surface area contributed by atoms with E-state index in [0.717, 1.165) is 17.4 Å². The van der Waals surface area contributed by atoms with Gasteiger partial charge in [-0.3, -0.25) is 15.1 Å². The fourth-order valence-electron chi connectivity index (χ4n) is 2.43. The van der Waals surface area contributed by atoms with Crippen molar-refractivity contribution < 1.29 is 22.4 Å². The van der Waals surface area contributed by atoms with Gasteiger partial charge in [0.15, 0.2) is 28.2 Å². The highest BCUT2D eigenvalue weighted by Gasteiger charge is 2.20. The molecule has 2 heterocycles. The molecular formula is C17H8F3N3O3S. The topological polar surface area (TPSA) is 88.0 Å². The zero-order valence-corrected chi connectivity index (χ0v) is 14.0. The number of halogens is 3. The lowest BCUT2D eigenvalue weighted by Crippen LogP contribution is -2.15. The second-order valence-corrected chi connectivity index (χ2v) is 6.30. The summed E-state index contributed by atoms with van der Waals surface area (Å²) in [5.74, 6) is -6.21. The number of hydrogen-bond acceptors (Lipinski definition) is 5. The van der Waals surface area contributed by atoms with Gasteiger partial charge in [0.25, 0.3) is 5.91 Å². The molecule has 27 heavy (non-hydrogen) atoms. The molecule has 1 amide bonds. The van der Waals surface area contributed by atoms with Crippen molar-refractivity contribution in [3.8, 4) is 11.3 Å². The minimum atomic E-state index is -1.72. The van der Waals surface area contributed by atoms with E-state index in [0.29, 0.717) is 28.4 Å². The molecule has 2 aromatic heterocycles. The zero-order chi connectivity index (χ0) is 19.1. The maximum absolute atomic E-state index is 13.7. The van der Waals surface area contributed by atoms with E-state index in [-0.39, 0.29) is 5.13 Å². The number of hydrogen-bond donors (Lipinski definition) is 2. The summed E-state index contributed by atoms with van der Waals surface area (Å²) < 4.78 is 44.9. The third-order valence-corrected chi connectivity index (χ3v) is 4.48. The first-order valence-electron chi connectivity index (χ1n) is 7.46. The second kappa shape index (κ2) is 6.40. The van der Waals surface area contributed by atoms with Crippen LogP contribution in [0.5, 0.6) is 0 Å². The van der Waals surface area contributed by atoms with Crippen LogP contribution in [0.3, 0.4) is 0 Å². The van der Waals surface area contributed by atoms with Gasteiger partial charge in [-0.2, -0.15) is 0 Å². The number of rotatable bonds is 3. The van der Waals surface area contributed by atoms with Gasteiger partial charge in [0.2, 0.25) is 0 Å². The Bertz CT molecular complexity index is 1250. The average molecular weight is 391 g/mol. The molecule has 10 heteroatoms. The van der Waals surface area contributed by atoms with E-state index >= 15 is 0 Å². The molecule has 0 aliphatic carbocycles. The number of carbonyl (C=O) groups is 1. The van der Waals surface area contributed by atoms with Crippen LogP contribution in [0.2, 0.25) is 0 Å². The van der Waals surface area contributed by atoms with Crippen LogP contribution in [-0.4, -0.2) is 15.9 Å². The van der Waals surface area contributed by atoms with Gasteiger partial charge in [-0.1, -0.05) is 6.07 Å². The molecule has 2 N–H and O–H groups in total. The summed E-state index contributed by atoms with van der Waals surface area (Å²) in [4.78, 5) is 30.0. The molecule has 4 aromatic rings. The Hall–Kier alpha value is -3.40. The van der Waals surface area contributed by atoms with Crippen molar-refractivity contribution in [1.29, 1.82) is 0 Å². The van der Waals surface area contributed by atoms with Crippen LogP contribution < -0.4 is 11.1 Å². The number of benzene rings is 2. The monoisotopic (exact) mass is 391 g/mol. The predicted octanol–water partition coefficient (Wildman–Crippen LogP) is 3.91. The van der Waals surface area contributed by atoms with E-state index < -0.39 is 34.7 Å². The lowest BCUT2D eigenvalue weighted by Gasteiger charge is -2.04. The van der Waals surface area contributed by atoms with E-state index in [2.05, 4.69) is 15.3 Å². The smallest absolute Gasteiger partial charge is 0.408 e. The predicted molar refractivity (Wildman–Crippen MR) is 92.2 cm³/mol. The summed E-state index contributed by atoms with van der Waals surface area (Å²) in [6, 6.07) is 6.45. The Morgan fingerprint density at radius 1 is 1.15 bits per heavy atom. The number of aromatic nitrogens is 2. The molecule has 2 aromatic carbocycles. The zero-order valence-electron chi connectivity index (χ0n) is 13.2. The molecule has 0 fully saturated rings. The average Bonchev–Trinajstić information content (AvgIpc) is 3.24. The first-order chi connectivity index (χ1) is 12.9. The molecule has 0 saturated heterocycles. The third-order valence-electron chi connectivity index (χ3n) is 3.72. The van der Waals surface area contributed by atoms with Crippen LogP contribution in [-0.2, 0) is 0 Å². The molecule has 136 valence electrons. The minimum Gasteiger partial charge on any atom is -0.408 e.